The number of furan rings is 1. The van der Waals surface area contributed by atoms with E-state index in [2.05, 4.69) is 31.2 Å². The molecule has 0 aliphatic heterocycles. The molecule has 0 bridgehead atoms. The molecule has 0 radical (unpaired) electrons. The lowest BCUT2D eigenvalue weighted by molar-refractivity contribution is 0.426. The minimum atomic E-state index is -1.46. The molecular formula is C22H27BO3. The predicted octanol–water partition coefficient (Wildman–Crippen LogP) is 4.68. The fraction of sp³-hybridized carbons (Fsp3) is 0.364. The van der Waals surface area contributed by atoms with E-state index < -0.39 is 7.12 Å². The molecule has 0 unspecified atom stereocenters. The van der Waals surface area contributed by atoms with Crippen molar-refractivity contribution < 1.29 is 14.5 Å². The summed E-state index contributed by atoms with van der Waals surface area (Å²) in [6.07, 6.45) is 9.04. The highest BCUT2D eigenvalue weighted by Crippen LogP contribution is 2.27. The van der Waals surface area contributed by atoms with Crippen LogP contribution in [0.3, 0.4) is 0 Å². The first-order valence-electron chi connectivity index (χ1n) is 9.66. The zero-order valence-electron chi connectivity index (χ0n) is 15.4. The first kappa shape index (κ1) is 18.7. The maximum absolute atomic E-state index is 9.29. The second-order valence-corrected chi connectivity index (χ2v) is 7.00. The third kappa shape index (κ3) is 4.77. The van der Waals surface area contributed by atoms with Gasteiger partial charge < -0.3 is 14.5 Å². The number of hydrogen-bond donors (Lipinski definition) is 2. The topological polar surface area (TPSA) is 53.6 Å². The van der Waals surface area contributed by atoms with Crippen molar-refractivity contribution in [2.45, 2.75) is 51.9 Å². The standard InChI is InChI=1S/C22H27BO3/c1-2-3-4-5-6-7-8-17-9-11-18(12-10-17)22-16-19-15-20(23(24)25)13-14-21(19)26-22/h9-16,24-25H,2-8H2,1H3. The largest absolute Gasteiger partial charge is 0.488 e. The Hall–Kier alpha value is -2.04. The van der Waals surface area contributed by atoms with Gasteiger partial charge >= 0.3 is 7.12 Å². The zero-order chi connectivity index (χ0) is 18.4. The Bertz CT molecular complexity index is 821. The maximum Gasteiger partial charge on any atom is 0.488 e. The molecule has 0 aliphatic carbocycles. The SMILES string of the molecule is CCCCCCCCc1ccc(-c2cc3cc(B(O)O)ccc3o2)cc1. The first-order valence-corrected chi connectivity index (χ1v) is 9.66. The Kier molecular flexibility index (Phi) is 6.53. The van der Waals surface area contributed by atoms with Gasteiger partial charge in [0.05, 0.1) is 0 Å². The van der Waals surface area contributed by atoms with Crippen LogP contribution < -0.4 is 5.46 Å². The lowest BCUT2D eigenvalue weighted by Crippen LogP contribution is -2.29. The third-order valence-electron chi connectivity index (χ3n) is 4.90. The molecule has 3 nitrogen and oxygen atoms in total. The van der Waals surface area contributed by atoms with Gasteiger partial charge in [0.1, 0.15) is 11.3 Å². The normalized spacial score (nSPS) is 11.2. The number of aryl methyl sites for hydroxylation is 1. The Labute approximate surface area is 155 Å². The van der Waals surface area contributed by atoms with Crippen molar-refractivity contribution in [1.82, 2.24) is 0 Å². The van der Waals surface area contributed by atoms with E-state index in [1.54, 1.807) is 18.2 Å². The van der Waals surface area contributed by atoms with Crippen molar-refractivity contribution in [1.29, 1.82) is 0 Å². The summed E-state index contributed by atoms with van der Waals surface area (Å²) in [4.78, 5) is 0. The smallest absolute Gasteiger partial charge is 0.456 e. The van der Waals surface area contributed by atoms with Gasteiger partial charge in [-0.1, -0.05) is 75.4 Å². The average molecular weight is 350 g/mol. The molecule has 26 heavy (non-hydrogen) atoms. The molecule has 0 saturated heterocycles. The van der Waals surface area contributed by atoms with E-state index in [-0.39, 0.29) is 0 Å². The van der Waals surface area contributed by atoms with Gasteiger partial charge in [0.25, 0.3) is 0 Å². The molecule has 0 spiro atoms. The van der Waals surface area contributed by atoms with Gasteiger partial charge in [-0.15, -0.1) is 0 Å². The molecule has 2 N–H and O–H groups in total. The van der Waals surface area contributed by atoms with E-state index in [0.29, 0.717) is 5.46 Å². The molecule has 0 aliphatic rings. The Morgan fingerprint density at radius 2 is 1.58 bits per heavy atom. The summed E-state index contributed by atoms with van der Waals surface area (Å²) < 4.78 is 5.90. The first-order chi connectivity index (χ1) is 12.7. The highest BCUT2D eigenvalue weighted by Gasteiger charge is 2.13. The molecule has 0 amide bonds. The summed E-state index contributed by atoms with van der Waals surface area (Å²) in [5.74, 6) is 0.802. The second-order valence-electron chi connectivity index (χ2n) is 7.00. The number of fused-ring (bicyclic) bond motifs is 1. The summed E-state index contributed by atoms with van der Waals surface area (Å²) in [6.45, 7) is 2.25. The molecule has 2 aromatic carbocycles. The van der Waals surface area contributed by atoms with Gasteiger partial charge in [-0.25, -0.2) is 0 Å². The fourth-order valence-electron chi connectivity index (χ4n) is 3.31. The predicted molar refractivity (Wildman–Crippen MR) is 109 cm³/mol. The van der Waals surface area contributed by atoms with Gasteiger partial charge in [0.15, 0.2) is 0 Å². The summed E-state index contributed by atoms with van der Waals surface area (Å²) in [5.41, 5.74) is 3.63. The van der Waals surface area contributed by atoms with Crippen molar-refractivity contribution >= 4 is 23.6 Å². The van der Waals surface area contributed by atoms with Crippen LogP contribution in [0.25, 0.3) is 22.3 Å². The Morgan fingerprint density at radius 1 is 0.846 bits per heavy atom. The molecule has 4 heteroatoms. The van der Waals surface area contributed by atoms with Crippen LogP contribution in [0.5, 0.6) is 0 Å². The van der Waals surface area contributed by atoms with Gasteiger partial charge in [0.2, 0.25) is 0 Å². The lowest BCUT2D eigenvalue weighted by atomic mass is 9.80. The lowest BCUT2D eigenvalue weighted by Gasteiger charge is -2.03. The molecular weight excluding hydrogens is 323 g/mol. The number of unbranched alkanes of at least 4 members (excludes halogenated alkanes) is 5. The van der Waals surface area contributed by atoms with Crippen LogP contribution in [0.2, 0.25) is 0 Å². The monoisotopic (exact) mass is 350 g/mol. The summed E-state index contributed by atoms with van der Waals surface area (Å²) in [6, 6.07) is 15.7. The van der Waals surface area contributed by atoms with Crippen LogP contribution in [-0.4, -0.2) is 17.2 Å². The fourth-order valence-corrected chi connectivity index (χ4v) is 3.31. The van der Waals surface area contributed by atoms with E-state index in [9.17, 15) is 10.0 Å². The van der Waals surface area contributed by atoms with Crippen molar-refractivity contribution in [3.05, 3.63) is 54.1 Å². The van der Waals surface area contributed by atoms with E-state index >= 15 is 0 Å². The van der Waals surface area contributed by atoms with Crippen molar-refractivity contribution in [2.75, 3.05) is 0 Å². The highest BCUT2D eigenvalue weighted by atomic mass is 16.4. The van der Waals surface area contributed by atoms with Crippen LogP contribution >= 0.6 is 0 Å². The Balaban J connectivity index is 1.62. The number of benzene rings is 2. The molecule has 3 rings (SSSR count). The summed E-state index contributed by atoms with van der Waals surface area (Å²) in [7, 11) is -1.46. The quantitative estimate of drug-likeness (QED) is 0.435. The summed E-state index contributed by atoms with van der Waals surface area (Å²) in [5, 5.41) is 19.5. The molecule has 0 atom stereocenters. The van der Waals surface area contributed by atoms with Crippen LogP contribution in [0.1, 0.15) is 51.0 Å². The van der Waals surface area contributed by atoms with Crippen molar-refractivity contribution in [3.8, 4) is 11.3 Å². The van der Waals surface area contributed by atoms with Crippen molar-refractivity contribution in [3.63, 3.8) is 0 Å². The van der Waals surface area contributed by atoms with Gasteiger partial charge in [-0.05, 0) is 36.0 Å². The van der Waals surface area contributed by atoms with E-state index in [1.807, 2.05) is 6.07 Å². The summed E-state index contributed by atoms with van der Waals surface area (Å²) >= 11 is 0. The van der Waals surface area contributed by atoms with Crippen molar-refractivity contribution in [2.24, 2.45) is 0 Å². The molecule has 0 fully saturated rings. The minimum absolute atomic E-state index is 0.471. The van der Waals surface area contributed by atoms with Crippen LogP contribution in [-0.2, 0) is 6.42 Å². The molecule has 0 saturated carbocycles. The number of rotatable bonds is 9. The van der Waals surface area contributed by atoms with Gasteiger partial charge in [-0.2, -0.15) is 0 Å². The second kappa shape index (κ2) is 9.06. The zero-order valence-corrected chi connectivity index (χ0v) is 15.4. The van der Waals surface area contributed by atoms with Crippen LogP contribution in [0.4, 0.5) is 0 Å². The third-order valence-corrected chi connectivity index (χ3v) is 4.90. The molecule has 1 heterocycles. The maximum atomic E-state index is 9.29. The Morgan fingerprint density at radius 3 is 2.31 bits per heavy atom. The molecule has 1 aromatic heterocycles. The van der Waals surface area contributed by atoms with Gasteiger partial charge in [-0.3, -0.25) is 0 Å². The average Bonchev–Trinajstić information content (AvgIpc) is 3.08. The molecule has 3 aromatic rings. The van der Waals surface area contributed by atoms with E-state index in [4.69, 9.17) is 4.42 Å². The minimum Gasteiger partial charge on any atom is -0.456 e. The highest BCUT2D eigenvalue weighted by molar-refractivity contribution is 6.58. The van der Waals surface area contributed by atoms with Crippen LogP contribution in [0, 0.1) is 0 Å². The van der Waals surface area contributed by atoms with E-state index in [0.717, 1.165) is 28.7 Å². The van der Waals surface area contributed by atoms with Gasteiger partial charge in [0, 0.05) is 10.9 Å². The van der Waals surface area contributed by atoms with Crippen LogP contribution in [0.15, 0.2) is 52.9 Å². The van der Waals surface area contributed by atoms with E-state index in [1.165, 1.54) is 44.1 Å². The number of hydrogen-bond acceptors (Lipinski definition) is 3. The molecule has 136 valence electrons.